The summed E-state index contributed by atoms with van der Waals surface area (Å²) >= 11 is 0. The fourth-order valence-electron chi connectivity index (χ4n) is 4.80. The summed E-state index contributed by atoms with van der Waals surface area (Å²) in [4.78, 5) is 48.9. The number of amides is 3. The van der Waals surface area contributed by atoms with E-state index >= 15 is 0 Å². The van der Waals surface area contributed by atoms with E-state index in [-0.39, 0.29) is 36.5 Å². The van der Waals surface area contributed by atoms with Crippen LogP contribution < -0.4 is 15.3 Å². The summed E-state index contributed by atoms with van der Waals surface area (Å²) in [6, 6.07) is 6.48. The smallest absolute Gasteiger partial charge is 0.237 e. The first-order valence-electron chi connectivity index (χ1n) is 8.93. The van der Waals surface area contributed by atoms with Crippen molar-refractivity contribution < 1.29 is 24.3 Å². The van der Waals surface area contributed by atoms with Crippen LogP contribution in [0.15, 0.2) is 24.3 Å². The second-order valence-electron chi connectivity index (χ2n) is 7.36. The van der Waals surface area contributed by atoms with Crippen LogP contribution >= 0.6 is 0 Å². The molecule has 136 valence electrons. The molecule has 1 aromatic rings. The molecule has 1 heterocycles. The Kier molecular flexibility index (Phi) is 4.01. The molecule has 2 bridgehead atoms. The van der Waals surface area contributed by atoms with Gasteiger partial charge in [-0.25, -0.2) is 0 Å². The SMILES string of the molecule is O=C([O-])CCC(=O)Nc1ccc(N2C(=O)[C@H]3[C@H]4CC[C@@H](C4)[C@@H]3C2=O)cc1. The fourth-order valence-corrected chi connectivity index (χ4v) is 4.80. The third-order valence-electron chi connectivity index (χ3n) is 5.89. The average molecular weight is 355 g/mol. The maximum Gasteiger partial charge on any atom is 0.237 e. The Morgan fingerprint density at radius 2 is 1.58 bits per heavy atom. The second-order valence-corrected chi connectivity index (χ2v) is 7.36. The number of benzene rings is 1. The molecule has 3 aliphatic rings. The number of carbonyl (C=O) groups excluding carboxylic acids is 4. The van der Waals surface area contributed by atoms with Crippen LogP contribution in [0.1, 0.15) is 32.1 Å². The van der Waals surface area contributed by atoms with Gasteiger partial charge in [0.05, 0.1) is 17.5 Å². The van der Waals surface area contributed by atoms with Crippen molar-refractivity contribution in [2.24, 2.45) is 23.7 Å². The number of rotatable bonds is 5. The number of aliphatic carboxylic acids is 1. The van der Waals surface area contributed by atoms with Crippen molar-refractivity contribution in [2.45, 2.75) is 32.1 Å². The Morgan fingerprint density at radius 1 is 1.00 bits per heavy atom. The number of imide groups is 1. The molecule has 1 aromatic carbocycles. The van der Waals surface area contributed by atoms with Crippen molar-refractivity contribution >= 4 is 35.1 Å². The van der Waals surface area contributed by atoms with Gasteiger partial charge in [0.1, 0.15) is 0 Å². The number of hydrogen-bond donors (Lipinski definition) is 1. The zero-order chi connectivity index (χ0) is 18.4. The van der Waals surface area contributed by atoms with Gasteiger partial charge in [0.15, 0.2) is 0 Å². The molecule has 7 nitrogen and oxygen atoms in total. The molecule has 2 aliphatic carbocycles. The van der Waals surface area contributed by atoms with Gasteiger partial charge in [-0.2, -0.15) is 0 Å². The molecule has 7 heteroatoms. The van der Waals surface area contributed by atoms with E-state index in [0.717, 1.165) is 19.3 Å². The van der Waals surface area contributed by atoms with E-state index in [1.807, 2.05) is 0 Å². The highest BCUT2D eigenvalue weighted by Gasteiger charge is 2.61. The van der Waals surface area contributed by atoms with Crippen LogP contribution in [0.2, 0.25) is 0 Å². The lowest BCUT2D eigenvalue weighted by Crippen LogP contribution is -2.32. The number of nitrogens with zero attached hydrogens (tertiary/aromatic N) is 1. The van der Waals surface area contributed by atoms with Gasteiger partial charge >= 0.3 is 0 Å². The van der Waals surface area contributed by atoms with E-state index < -0.39 is 11.9 Å². The molecule has 1 aliphatic heterocycles. The minimum Gasteiger partial charge on any atom is -0.550 e. The van der Waals surface area contributed by atoms with Gasteiger partial charge in [-0.1, -0.05) is 0 Å². The highest BCUT2D eigenvalue weighted by Crippen LogP contribution is 2.56. The summed E-state index contributed by atoms with van der Waals surface area (Å²) in [5.41, 5.74) is 0.998. The Hall–Kier alpha value is -2.70. The maximum absolute atomic E-state index is 12.8. The number of carboxylic acids is 1. The van der Waals surface area contributed by atoms with E-state index in [4.69, 9.17) is 0 Å². The minimum absolute atomic E-state index is 0.0991. The quantitative estimate of drug-likeness (QED) is 0.782. The van der Waals surface area contributed by atoms with Gasteiger partial charge in [0.25, 0.3) is 0 Å². The zero-order valence-corrected chi connectivity index (χ0v) is 14.1. The molecular weight excluding hydrogens is 336 g/mol. The van der Waals surface area contributed by atoms with Crippen LogP contribution in [0.3, 0.4) is 0 Å². The Balaban J connectivity index is 1.46. The highest BCUT2D eigenvalue weighted by atomic mass is 16.4. The first-order chi connectivity index (χ1) is 12.5. The summed E-state index contributed by atoms with van der Waals surface area (Å²) in [5, 5.41) is 13.0. The summed E-state index contributed by atoms with van der Waals surface area (Å²) in [7, 11) is 0. The number of hydrogen-bond acceptors (Lipinski definition) is 5. The normalized spacial score (nSPS) is 29.2. The molecule has 0 radical (unpaired) electrons. The Labute approximate surface area is 150 Å². The molecular formula is C19H19N2O5-. The second kappa shape index (κ2) is 6.23. The number of nitrogens with one attached hydrogen (secondary N) is 1. The summed E-state index contributed by atoms with van der Waals surface area (Å²) in [6.07, 6.45) is 2.56. The number of carbonyl (C=O) groups is 4. The third-order valence-corrected chi connectivity index (χ3v) is 5.89. The minimum atomic E-state index is -1.28. The fraction of sp³-hybridized carbons (Fsp3) is 0.474. The zero-order valence-electron chi connectivity index (χ0n) is 14.1. The van der Waals surface area contributed by atoms with Crippen LogP contribution in [0, 0.1) is 23.7 Å². The van der Waals surface area contributed by atoms with Crippen LogP contribution in [0.4, 0.5) is 11.4 Å². The van der Waals surface area contributed by atoms with Crippen molar-refractivity contribution in [2.75, 3.05) is 10.2 Å². The van der Waals surface area contributed by atoms with Gasteiger partial charge in [0.2, 0.25) is 17.7 Å². The molecule has 0 aromatic heterocycles. The van der Waals surface area contributed by atoms with E-state index in [1.165, 1.54) is 4.90 Å². The summed E-state index contributed by atoms with van der Waals surface area (Å²) in [5.74, 6) is -1.55. The van der Waals surface area contributed by atoms with Crippen LogP contribution in [0.25, 0.3) is 0 Å². The summed E-state index contributed by atoms with van der Waals surface area (Å²) < 4.78 is 0. The molecule has 2 saturated carbocycles. The molecule has 4 rings (SSSR count). The van der Waals surface area contributed by atoms with Crippen molar-refractivity contribution in [3.63, 3.8) is 0 Å². The van der Waals surface area contributed by atoms with Crippen LogP contribution in [-0.2, 0) is 19.2 Å². The van der Waals surface area contributed by atoms with Gasteiger partial charge in [-0.3, -0.25) is 19.3 Å². The van der Waals surface area contributed by atoms with Crippen molar-refractivity contribution in [1.29, 1.82) is 0 Å². The van der Waals surface area contributed by atoms with E-state index in [2.05, 4.69) is 5.32 Å². The van der Waals surface area contributed by atoms with Gasteiger partial charge < -0.3 is 15.2 Å². The van der Waals surface area contributed by atoms with E-state index in [9.17, 15) is 24.3 Å². The number of fused-ring (bicyclic) bond motifs is 5. The lowest BCUT2D eigenvalue weighted by atomic mass is 9.81. The first kappa shape index (κ1) is 16.8. The molecule has 26 heavy (non-hydrogen) atoms. The highest BCUT2D eigenvalue weighted by molar-refractivity contribution is 6.22. The average Bonchev–Trinajstić information content (AvgIpc) is 3.28. The monoisotopic (exact) mass is 355 g/mol. The lowest BCUT2D eigenvalue weighted by molar-refractivity contribution is -0.305. The maximum atomic E-state index is 12.8. The molecule has 1 N–H and O–H groups in total. The van der Waals surface area contributed by atoms with Gasteiger partial charge in [0, 0.05) is 18.1 Å². The molecule has 1 saturated heterocycles. The van der Waals surface area contributed by atoms with Crippen LogP contribution in [-0.4, -0.2) is 23.7 Å². The topological polar surface area (TPSA) is 107 Å². The molecule has 0 unspecified atom stereocenters. The predicted octanol–water partition coefficient (Wildman–Crippen LogP) is 0.691. The lowest BCUT2D eigenvalue weighted by Gasteiger charge is -2.19. The van der Waals surface area contributed by atoms with E-state index in [1.54, 1.807) is 24.3 Å². The van der Waals surface area contributed by atoms with Crippen molar-refractivity contribution in [3.05, 3.63) is 24.3 Å². The summed E-state index contributed by atoms with van der Waals surface area (Å²) in [6.45, 7) is 0. The predicted molar refractivity (Wildman–Crippen MR) is 89.6 cm³/mol. The number of anilines is 2. The Morgan fingerprint density at radius 3 is 2.12 bits per heavy atom. The van der Waals surface area contributed by atoms with Crippen molar-refractivity contribution in [3.8, 4) is 0 Å². The van der Waals surface area contributed by atoms with E-state index in [0.29, 0.717) is 23.2 Å². The van der Waals surface area contributed by atoms with Crippen molar-refractivity contribution in [1.82, 2.24) is 0 Å². The van der Waals surface area contributed by atoms with Crippen LogP contribution in [0.5, 0.6) is 0 Å². The Bertz CT molecular complexity index is 760. The van der Waals surface area contributed by atoms with Gasteiger partial charge in [-0.15, -0.1) is 0 Å². The molecule has 4 atom stereocenters. The number of carboxylic acid groups (broad SMARTS) is 1. The standard InChI is InChI=1S/C19H20N2O5/c22-14(7-8-15(23)24)20-12-3-5-13(6-4-12)21-18(25)16-10-1-2-11(9-10)17(16)19(21)26/h3-6,10-11,16-17H,1-2,7-9H2,(H,20,22)(H,23,24)/p-1/t10-,11-,16-,17-/m0/s1. The largest absolute Gasteiger partial charge is 0.550 e. The first-order valence-corrected chi connectivity index (χ1v) is 8.93. The molecule has 3 fully saturated rings. The van der Waals surface area contributed by atoms with Gasteiger partial charge in [-0.05, 0) is 61.8 Å². The third kappa shape index (κ3) is 2.67. The molecule has 0 spiro atoms. The molecule has 3 amide bonds.